The average molecular weight is 337 g/mol. The molecule has 0 aliphatic carbocycles. The van der Waals surface area contributed by atoms with E-state index in [0.717, 1.165) is 16.8 Å². The minimum atomic E-state index is 0.485. The molecule has 106 valence electrons. The molecule has 0 aliphatic rings. The molecule has 3 rings (SSSR count). The van der Waals surface area contributed by atoms with Crippen LogP contribution in [0.4, 0.5) is 0 Å². The van der Waals surface area contributed by atoms with Gasteiger partial charge in [-0.1, -0.05) is 35.4 Å². The lowest BCUT2D eigenvalue weighted by Gasteiger charge is -2.06. The van der Waals surface area contributed by atoms with Gasteiger partial charge in [0.05, 0.1) is 11.9 Å². The molecule has 0 amide bonds. The molecule has 0 saturated carbocycles. The number of halogens is 2. The summed E-state index contributed by atoms with van der Waals surface area (Å²) < 4.78 is 2.21. The van der Waals surface area contributed by atoms with Gasteiger partial charge in [0.15, 0.2) is 0 Å². The monoisotopic (exact) mass is 336 g/mol. The van der Waals surface area contributed by atoms with Gasteiger partial charge in [-0.25, -0.2) is 4.98 Å². The average Bonchev–Trinajstić information content (AvgIpc) is 2.83. The van der Waals surface area contributed by atoms with E-state index in [0.29, 0.717) is 20.5 Å². The number of aromatic nitrogens is 4. The standard InChI is InChI=1S/C14H10Cl2N4S/c1-20-7-9(6-17-20)12-5-13(21)19-14(18-12)8-2-10(15)4-11(16)3-8/h2-7H,1H3,(H,18,19,21). The number of aryl methyl sites for hydroxylation is 1. The third-order valence-electron chi connectivity index (χ3n) is 2.89. The number of hydrogen-bond acceptors (Lipinski definition) is 3. The molecule has 0 saturated heterocycles. The predicted octanol–water partition coefficient (Wildman–Crippen LogP) is 4.51. The van der Waals surface area contributed by atoms with Crippen molar-refractivity contribution in [3.05, 3.63) is 51.3 Å². The van der Waals surface area contributed by atoms with E-state index in [1.807, 2.05) is 13.2 Å². The van der Waals surface area contributed by atoms with E-state index in [4.69, 9.17) is 35.4 Å². The summed E-state index contributed by atoms with van der Waals surface area (Å²) in [6, 6.07) is 7.04. The zero-order valence-corrected chi connectivity index (χ0v) is 13.3. The van der Waals surface area contributed by atoms with Crippen molar-refractivity contribution in [3.63, 3.8) is 0 Å². The summed E-state index contributed by atoms with van der Waals surface area (Å²) >= 11 is 17.3. The quantitative estimate of drug-likeness (QED) is 0.700. The van der Waals surface area contributed by atoms with E-state index in [1.165, 1.54) is 0 Å². The maximum Gasteiger partial charge on any atom is 0.139 e. The van der Waals surface area contributed by atoms with Gasteiger partial charge in [0, 0.05) is 34.4 Å². The fourth-order valence-corrected chi connectivity index (χ4v) is 2.74. The SMILES string of the molecule is Cn1cc(-c2cc(=S)nc(-c3cc(Cl)cc(Cl)c3)[nH]2)cn1. The molecule has 0 aliphatic heterocycles. The van der Waals surface area contributed by atoms with Crippen molar-refractivity contribution >= 4 is 35.4 Å². The molecule has 4 nitrogen and oxygen atoms in total. The number of rotatable bonds is 2. The molecular weight excluding hydrogens is 327 g/mol. The minimum Gasteiger partial charge on any atom is -0.339 e. The maximum absolute atomic E-state index is 6.03. The molecule has 21 heavy (non-hydrogen) atoms. The van der Waals surface area contributed by atoms with Crippen molar-refractivity contribution < 1.29 is 0 Å². The first-order chi connectivity index (χ1) is 10.0. The highest BCUT2D eigenvalue weighted by atomic mass is 35.5. The van der Waals surface area contributed by atoms with Crippen LogP contribution in [0.25, 0.3) is 22.6 Å². The zero-order valence-electron chi connectivity index (χ0n) is 11.0. The van der Waals surface area contributed by atoms with E-state index in [1.54, 1.807) is 35.1 Å². The molecule has 0 unspecified atom stereocenters. The summed E-state index contributed by atoms with van der Waals surface area (Å²) in [6.07, 6.45) is 3.66. The van der Waals surface area contributed by atoms with Crippen molar-refractivity contribution in [2.24, 2.45) is 7.05 Å². The van der Waals surface area contributed by atoms with Gasteiger partial charge >= 0.3 is 0 Å². The number of aromatic amines is 1. The Morgan fingerprint density at radius 2 is 1.81 bits per heavy atom. The van der Waals surface area contributed by atoms with Crippen molar-refractivity contribution in [1.29, 1.82) is 0 Å². The Bertz CT molecular complexity index is 849. The number of nitrogens with one attached hydrogen (secondary N) is 1. The summed E-state index contributed by atoms with van der Waals surface area (Å²) in [5.74, 6) is 0.616. The van der Waals surface area contributed by atoms with Gasteiger partial charge in [-0.3, -0.25) is 4.68 Å². The summed E-state index contributed by atoms with van der Waals surface area (Å²) in [5.41, 5.74) is 2.55. The molecule has 0 atom stereocenters. The van der Waals surface area contributed by atoms with Crippen LogP contribution < -0.4 is 0 Å². The normalized spacial score (nSPS) is 10.8. The Balaban J connectivity index is 2.15. The smallest absolute Gasteiger partial charge is 0.139 e. The topological polar surface area (TPSA) is 46.5 Å². The predicted molar refractivity (Wildman–Crippen MR) is 87.1 cm³/mol. The molecule has 0 bridgehead atoms. The van der Waals surface area contributed by atoms with Crippen LogP contribution in [0.3, 0.4) is 0 Å². The Morgan fingerprint density at radius 1 is 1.10 bits per heavy atom. The van der Waals surface area contributed by atoms with Crippen LogP contribution in [0.1, 0.15) is 0 Å². The van der Waals surface area contributed by atoms with Crippen LogP contribution in [-0.4, -0.2) is 19.7 Å². The molecule has 0 spiro atoms. The largest absolute Gasteiger partial charge is 0.339 e. The van der Waals surface area contributed by atoms with Crippen LogP contribution in [-0.2, 0) is 7.05 Å². The molecule has 7 heteroatoms. The van der Waals surface area contributed by atoms with Gasteiger partial charge in [-0.2, -0.15) is 5.10 Å². The van der Waals surface area contributed by atoms with Crippen LogP contribution in [0.5, 0.6) is 0 Å². The highest BCUT2D eigenvalue weighted by Gasteiger charge is 2.07. The number of nitrogens with zero attached hydrogens (tertiary/aromatic N) is 3. The Hall–Kier alpha value is -1.69. The molecule has 1 N–H and O–H groups in total. The summed E-state index contributed by atoms with van der Waals surface area (Å²) in [5, 5.41) is 5.25. The fourth-order valence-electron chi connectivity index (χ4n) is 2.00. The maximum atomic E-state index is 6.03. The molecule has 0 fully saturated rings. The van der Waals surface area contributed by atoms with Crippen molar-refractivity contribution in [2.75, 3.05) is 0 Å². The summed E-state index contributed by atoms with van der Waals surface area (Å²) in [7, 11) is 1.86. The number of H-pyrrole nitrogens is 1. The Kier molecular flexibility index (Phi) is 3.80. The minimum absolute atomic E-state index is 0.485. The second-order valence-corrected chi connectivity index (χ2v) is 5.83. The third-order valence-corrected chi connectivity index (χ3v) is 3.54. The summed E-state index contributed by atoms with van der Waals surface area (Å²) in [4.78, 5) is 7.57. The van der Waals surface area contributed by atoms with Crippen molar-refractivity contribution in [2.45, 2.75) is 0 Å². The number of hydrogen-bond donors (Lipinski definition) is 1. The second-order valence-electron chi connectivity index (χ2n) is 4.54. The zero-order chi connectivity index (χ0) is 15.0. The third kappa shape index (κ3) is 3.15. The van der Waals surface area contributed by atoms with Crippen molar-refractivity contribution in [3.8, 4) is 22.6 Å². The van der Waals surface area contributed by atoms with Gasteiger partial charge in [-0.15, -0.1) is 0 Å². The van der Waals surface area contributed by atoms with E-state index >= 15 is 0 Å². The molecule has 0 radical (unpaired) electrons. The van der Waals surface area contributed by atoms with Gasteiger partial charge in [-0.05, 0) is 24.3 Å². The van der Waals surface area contributed by atoms with Crippen LogP contribution >= 0.6 is 35.4 Å². The fraction of sp³-hybridized carbons (Fsp3) is 0.0714. The Labute approximate surface area is 136 Å². The van der Waals surface area contributed by atoms with Gasteiger partial charge in [0.25, 0.3) is 0 Å². The van der Waals surface area contributed by atoms with Crippen LogP contribution in [0, 0.1) is 4.64 Å². The van der Waals surface area contributed by atoms with E-state index in [9.17, 15) is 0 Å². The van der Waals surface area contributed by atoms with Crippen LogP contribution in [0.15, 0.2) is 36.7 Å². The van der Waals surface area contributed by atoms with Crippen molar-refractivity contribution in [1.82, 2.24) is 19.7 Å². The highest BCUT2D eigenvalue weighted by molar-refractivity contribution is 7.71. The number of benzene rings is 1. The van der Waals surface area contributed by atoms with Crippen LogP contribution in [0.2, 0.25) is 10.0 Å². The second kappa shape index (κ2) is 5.60. The molecule has 2 heterocycles. The molecular formula is C14H10Cl2N4S. The van der Waals surface area contributed by atoms with E-state index in [2.05, 4.69) is 15.1 Å². The molecule has 2 aromatic heterocycles. The Morgan fingerprint density at radius 3 is 2.43 bits per heavy atom. The van der Waals surface area contributed by atoms with Gasteiger partial charge in [0.1, 0.15) is 10.5 Å². The highest BCUT2D eigenvalue weighted by Crippen LogP contribution is 2.26. The van der Waals surface area contributed by atoms with E-state index < -0.39 is 0 Å². The van der Waals surface area contributed by atoms with Gasteiger partial charge in [0.2, 0.25) is 0 Å². The first-order valence-corrected chi connectivity index (χ1v) is 7.24. The molecule has 3 aromatic rings. The lowest BCUT2D eigenvalue weighted by molar-refractivity contribution is 0.768. The summed E-state index contributed by atoms with van der Waals surface area (Å²) in [6.45, 7) is 0. The first kappa shape index (κ1) is 14.3. The lowest BCUT2D eigenvalue weighted by atomic mass is 10.2. The molecule has 1 aromatic carbocycles. The first-order valence-electron chi connectivity index (χ1n) is 6.08. The lowest BCUT2D eigenvalue weighted by Crippen LogP contribution is -1.92. The van der Waals surface area contributed by atoms with Gasteiger partial charge < -0.3 is 4.98 Å². The van der Waals surface area contributed by atoms with E-state index in [-0.39, 0.29) is 0 Å².